The van der Waals surface area contributed by atoms with Crippen molar-refractivity contribution in [2.45, 2.75) is 20.0 Å². The van der Waals surface area contributed by atoms with Crippen molar-refractivity contribution in [3.63, 3.8) is 0 Å². The van der Waals surface area contributed by atoms with Gasteiger partial charge in [-0.25, -0.2) is 0 Å². The Kier molecular flexibility index (Phi) is 4.42. The molecule has 0 unspecified atom stereocenters. The van der Waals surface area contributed by atoms with Gasteiger partial charge in [0.25, 0.3) is 0 Å². The van der Waals surface area contributed by atoms with Crippen molar-refractivity contribution in [1.82, 2.24) is 5.32 Å². The Morgan fingerprint density at radius 3 is 2.42 bits per heavy atom. The fraction of sp³-hybridized carbons (Fsp3) is 0.250. The van der Waals surface area contributed by atoms with Crippen LogP contribution in [-0.2, 0) is 13.1 Å². The predicted octanol–water partition coefficient (Wildman–Crippen LogP) is 2.88. The zero-order valence-corrected chi connectivity index (χ0v) is 11.4. The number of hydrogen-bond acceptors (Lipinski definition) is 3. The molecule has 0 radical (unpaired) electrons. The summed E-state index contributed by atoms with van der Waals surface area (Å²) in [5.74, 6) is 0.930. The Morgan fingerprint density at radius 2 is 1.79 bits per heavy atom. The lowest BCUT2D eigenvalue weighted by atomic mass is 10.1. The Morgan fingerprint density at radius 1 is 1.05 bits per heavy atom. The number of nitrogens with one attached hydrogen (secondary N) is 1. The van der Waals surface area contributed by atoms with Crippen LogP contribution in [0.4, 0.5) is 5.69 Å². The lowest BCUT2D eigenvalue weighted by Crippen LogP contribution is -2.12. The minimum absolute atomic E-state index is 0.805. The SMILES string of the molecule is COc1ccc(CNCc2cccc(N)c2)cc1C. The van der Waals surface area contributed by atoms with Crippen LogP contribution < -0.4 is 15.8 Å². The van der Waals surface area contributed by atoms with E-state index in [1.165, 1.54) is 11.1 Å². The Bertz CT molecular complexity index is 552. The Balaban J connectivity index is 1.90. The summed E-state index contributed by atoms with van der Waals surface area (Å²) in [6.45, 7) is 3.70. The van der Waals surface area contributed by atoms with Gasteiger partial charge in [0.05, 0.1) is 7.11 Å². The van der Waals surface area contributed by atoms with E-state index < -0.39 is 0 Å². The Hall–Kier alpha value is -2.00. The smallest absolute Gasteiger partial charge is 0.121 e. The van der Waals surface area contributed by atoms with Crippen molar-refractivity contribution < 1.29 is 4.74 Å². The quantitative estimate of drug-likeness (QED) is 0.809. The maximum atomic E-state index is 5.75. The first kappa shape index (κ1) is 13.4. The van der Waals surface area contributed by atoms with Gasteiger partial charge in [0.15, 0.2) is 0 Å². The number of hydrogen-bond donors (Lipinski definition) is 2. The maximum Gasteiger partial charge on any atom is 0.121 e. The largest absolute Gasteiger partial charge is 0.496 e. The van der Waals surface area contributed by atoms with Gasteiger partial charge < -0.3 is 15.8 Å². The summed E-state index contributed by atoms with van der Waals surface area (Å²) in [6, 6.07) is 14.2. The number of nitrogens with two attached hydrogens (primary N) is 1. The van der Waals surface area contributed by atoms with Crippen LogP contribution in [0.15, 0.2) is 42.5 Å². The standard InChI is InChI=1S/C16H20N2O/c1-12-8-14(6-7-16(12)19-2)11-18-10-13-4-3-5-15(17)9-13/h3-9,18H,10-11,17H2,1-2H3. The molecule has 0 fully saturated rings. The molecule has 0 saturated heterocycles. The summed E-state index contributed by atoms with van der Waals surface area (Å²) in [6.07, 6.45) is 0. The number of rotatable bonds is 5. The average Bonchev–Trinajstić information content (AvgIpc) is 2.39. The third kappa shape index (κ3) is 3.73. The number of anilines is 1. The van der Waals surface area contributed by atoms with E-state index in [1.54, 1.807) is 7.11 Å². The number of ether oxygens (including phenoxy) is 1. The topological polar surface area (TPSA) is 47.3 Å². The van der Waals surface area contributed by atoms with E-state index >= 15 is 0 Å². The third-order valence-electron chi connectivity index (χ3n) is 3.07. The van der Waals surface area contributed by atoms with E-state index in [2.05, 4.69) is 30.4 Å². The van der Waals surface area contributed by atoms with Crippen molar-refractivity contribution in [3.8, 4) is 5.75 Å². The molecule has 0 saturated carbocycles. The summed E-state index contributed by atoms with van der Waals surface area (Å²) >= 11 is 0. The van der Waals surface area contributed by atoms with Crippen LogP contribution in [0.5, 0.6) is 5.75 Å². The van der Waals surface area contributed by atoms with E-state index in [4.69, 9.17) is 10.5 Å². The van der Waals surface area contributed by atoms with Crippen molar-refractivity contribution in [2.24, 2.45) is 0 Å². The van der Waals surface area contributed by atoms with E-state index in [0.29, 0.717) is 0 Å². The second kappa shape index (κ2) is 6.25. The third-order valence-corrected chi connectivity index (χ3v) is 3.07. The molecular weight excluding hydrogens is 236 g/mol. The highest BCUT2D eigenvalue weighted by Gasteiger charge is 2.00. The van der Waals surface area contributed by atoms with Crippen LogP contribution in [0, 0.1) is 6.92 Å². The number of aryl methyl sites for hydroxylation is 1. The average molecular weight is 256 g/mol. The van der Waals surface area contributed by atoms with Crippen molar-refractivity contribution in [2.75, 3.05) is 12.8 Å². The fourth-order valence-corrected chi connectivity index (χ4v) is 2.10. The first-order valence-electron chi connectivity index (χ1n) is 6.37. The number of nitrogen functional groups attached to an aromatic ring is 1. The van der Waals surface area contributed by atoms with E-state index in [0.717, 1.165) is 30.1 Å². The van der Waals surface area contributed by atoms with Crippen molar-refractivity contribution in [3.05, 3.63) is 59.2 Å². The molecule has 3 N–H and O–H groups in total. The first-order chi connectivity index (χ1) is 9.19. The summed E-state index contributed by atoms with van der Waals surface area (Å²) in [4.78, 5) is 0. The minimum Gasteiger partial charge on any atom is -0.496 e. The zero-order chi connectivity index (χ0) is 13.7. The predicted molar refractivity (Wildman–Crippen MR) is 79.1 cm³/mol. The molecule has 2 rings (SSSR count). The van der Waals surface area contributed by atoms with Crippen LogP contribution in [0.3, 0.4) is 0 Å². The molecule has 19 heavy (non-hydrogen) atoms. The summed E-state index contributed by atoms with van der Waals surface area (Å²) < 4.78 is 5.25. The lowest BCUT2D eigenvalue weighted by molar-refractivity contribution is 0.411. The first-order valence-corrected chi connectivity index (χ1v) is 6.37. The molecule has 0 aliphatic carbocycles. The van der Waals surface area contributed by atoms with Gasteiger partial charge in [-0.2, -0.15) is 0 Å². The molecule has 100 valence electrons. The molecule has 0 aliphatic heterocycles. The second-order valence-corrected chi connectivity index (χ2v) is 4.65. The molecule has 2 aromatic carbocycles. The molecule has 0 aromatic heterocycles. The molecule has 2 aromatic rings. The summed E-state index contributed by atoms with van der Waals surface area (Å²) in [5.41, 5.74) is 10.2. The normalized spacial score (nSPS) is 10.4. The summed E-state index contributed by atoms with van der Waals surface area (Å²) in [7, 11) is 1.69. The Labute approximate surface area is 114 Å². The van der Waals surface area contributed by atoms with Crippen LogP contribution in [0.2, 0.25) is 0 Å². The van der Waals surface area contributed by atoms with Crippen LogP contribution in [0.1, 0.15) is 16.7 Å². The van der Waals surface area contributed by atoms with Gasteiger partial charge in [-0.1, -0.05) is 24.3 Å². The van der Waals surface area contributed by atoms with Gasteiger partial charge in [0.2, 0.25) is 0 Å². The lowest BCUT2D eigenvalue weighted by Gasteiger charge is -2.09. The molecule has 0 bridgehead atoms. The highest BCUT2D eigenvalue weighted by atomic mass is 16.5. The molecule has 0 aliphatic rings. The van der Waals surface area contributed by atoms with Gasteiger partial charge in [0, 0.05) is 18.8 Å². The van der Waals surface area contributed by atoms with Crippen LogP contribution in [0.25, 0.3) is 0 Å². The molecule has 3 heteroatoms. The molecular formula is C16H20N2O. The molecule has 0 spiro atoms. The van der Waals surface area contributed by atoms with Gasteiger partial charge >= 0.3 is 0 Å². The fourth-order valence-electron chi connectivity index (χ4n) is 2.10. The number of benzene rings is 2. The van der Waals surface area contributed by atoms with E-state index in [9.17, 15) is 0 Å². The van der Waals surface area contributed by atoms with Gasteiger partial charge in [-0.3, -0.25) is 0 Å². The van der Waals surface area contributed by atoms with Gasteiger partial charge in [0.1, 0.15) is 5.75 Å². The minimum atomic E-state index is 0.805. The van der Waals surface area contributed by atoms with Crippen molar-refractivity contribution in [1.29, 1.82) is 0 Å². The van der Waals surface area contributed by atoms with Crippen LogP contribution in [-0.4, -0.2) is 7.11 Å². The van der Waals surface area contributed by atoms with Crippen LogP contribution >= 0.6 is 0 Å². The molecule has 0 atom stereocenters. The zero-order valence-electron chi connectivity index (χ0n) is 11.4. The van der Waals surface area contributed by atoms with Gasteiger partial charge in [-0.15, -0.1) is 0 Å². The molecule has 3 nitrogen and oxygen atoms in total. The van der Waals surface area contributed by atoms with E-state index in [1.807, 2.05) is 24.3 Å². The second-order valence-electron chi connectivity index (χ2n) is 4.65. The highest BCUT2D eigenvalue weighted by molar-refractivity contribution is 5.40. The molecule has 0 amide bonds. The molecule has 0 heterocycles. The van der Waals surface area contributed by atoms with Crippen molar-refractivity contribution >= 4 is 5.69 Å². The monoisotopic (exact) mass is 256 g/mol. The highest BCUT2D eigenvalue weighted by Crippen LogP contribution is 2.18. The number of methoxy groups -OCH3 is 1. The summed E-state index contributed by atoms with van der Waals surface area (Å²) in [5, 5.41) is 3.41. The maximum absolute atomic E-state index is 5.75. The van der Waals surface area contributed by atoms with Gasteiger partial charge in [-0.05, 0) is 41.8 Å². The van der Waals surface area contributed by atoms with E-state index in [-0.39, 0.29) is 0 Å².